The molecule has 1 aromatic carbocycles. The third kappa shape index (κ3) is 3.28. The lowest BCUT2D eigenvalue weighted by molar-refractivity contribution is 0.0932. The van der Waals surface area contributed by atoms with Crippen LogP contribution in [0, 0.1) is 0 Å². The summed E-state index contributed by atoms with van der Waals surface area (Å²) in [6, 6.07) is 9.77. The number of benzene rings is 1. The average Bonchev–Trinajstić information content (AvgIpc) is 2.95. The van der Waals surface area contributed by atoms with Crippen LogP contribution in [0.15, 0.2) is 30.3 Å². The Morgan fingerprint density at radius 1 is 1.43 bits per heavy atom. The van der Waals surface area contributed by atoms with Crippen molar-refractivity contribution in [3.63, 3.8) is 0 Å². The molecule has 2 heterocycles. The van der Waals surface area contributed by atoms with E-state index in [1.54, 1.807) is 4.68 Å². The molecule has 1 aliphatic heterocycles. The molecule has 2 aromatic rings. The third-order valence-corrected chi connectivity index (χ3v) is 4.18. The van der Waals surface area contributed by atoms with Crippen LogP contribution in [-0.2, 0) is 19.5 Å². The first-order valence-electron chi connectivity index (χ1n) is 7.96. The zero-order valence-electron chi connectivity index (χ0n) is 13.2. The highest BCUT2D eigenvalue weighted by atomic mass is 16.3. The van der Waals surface area contributed by atoms with Gasteiger partial charge in [-0.25, -0.2) is 0 Å². The Morgan fingerprint density at radius 2 is 2.22 bits per heavy atom. The standard InChI is InChI=1S/C17H22N4O2/c1-12(13-5-3-2-4-6-13)19-17(23)16-14-11-18-8-7-15(14)21(20-16)9-10-22/h2-6,12,18,22H,7-11H2,1H3,(H,19,23). The van der Waals surface area contributed by atoms with E-state index < -0.39 is 0 Å². The zero-order valence-corrected chi connectivity index (χ0v) is 13.2. The molecular weight excluding hydrogens is 292 g/mol. The summed E-state index contributed by atoms with van der Waals surface area (Å²) in [4.78, 5) is 12.6. The van der Waals surface area contributed by atoms with Gasteiger partial charge in [0.15, 0.2) is 5.69 Å². The summed E-state index contributed by atoms with van der Waals surface area (Å²) < 4.78 is 1.76. The van der Waals surface area contributed by atoms with E-state index in [0.717, 1.165) is 29.8 Å². The second-order valence-electron chi connectivity index (χ2n) is 5.75. The third-order valence-electron chi connectivity index (χ3n) is 4.18. The number of carbonyl (C=O) groups excluding carboxylic acids is 1. The minimum atomic E-state index is -0.169. The predicted octanol–water partition coefficient (Wildman–Crippen LogP) is 1.01. The molecule has 1 unspecified atom stereocenters. The number of nitrogens with zero attached hydrogens (tertiary/aromatic N) is 2. The highest BCUT2D eigenvalue weighted by Crippen LogP contribution is 2.20. The molecule has 23 heavy (non-hydrogen) atoms. The minimum Gasteiger partial charge on any atom is -0.394 e. The van der Waals surface area contributed by atoms with Gasteiger partial charge in [0.25, 0.3) is 5.91 Å². The number of fused-ring (bicyclic) bond motifs is 1. The molecule has 122 valence electrons. The number of hydrogen-bond donors (Lipinski definition) is 3. The Morgan fingerprint density at radius 3 is 2.96 bits per heavy atom. The molecule has 3 N–H and O–H groups in total. The Bertz CT molecular complexity index is 681. The van der Waals surface area contributed by atoms with Gasteiger partial charge in [0.05, 0.1) is 19.2 Å². The summed E-state index contributed by atoms with van der Waals surface area (Å²) in [6.07, 6.45) is 0.823. The number of aliphatic hydroxyl groups is 1. The second kappa shape index (κ2) is 6.93. The Balaban J connectivity index is 1.82. The molecule has 6 nitrogen and oxygen atoms in total. The quantitative estimate of drug-likeness (QED) is 0.770. The summed E-state index contributed by atoms with van der Waals surface area (Å²) >= 11 is 0. The largest absolute Gasteiger partial charge is 0.394 e. The highest BCUT2D eigenvalue weighted by molar-refractivity contribution is 5.94. The van der Waals surface area contributed by atoms with E-state index in [4.69, 9.17) is 0 Å². The first-order valence-corrected chi connectivity index (χ1v) is 7.96. The van der Waals surface area contributed by atoms with Crippen LogP contribution in [0.25, 0.3) is 0 Å². The van der Waals surface area contributed by atoms with E-state index in [0.29, 0.717) is 18.8 Å². The molecule has 0 radical (unpaired) electrons. The fraction of sp³-hybridized carbons (Fsp3) is 0.412. The molecule has 3 rings (SSSR count). The first kappa shape index (κ1) is 15.7. The number of aliphatic hydroxyl groups excluding tert-OH is 1. The number of nitrogens with one attached hydrogen (secondary N) is 2. The molecule has 0 spiro atoms. The molecule has 6 heteroatoms. The minimum absolute atomic E-state index is 0.0169. The Labute approximate surface area is 135 Å². The van der Waals surface area contributed by atoms with Crippen molar-refractivity contribution >= 4 is 5.91 Å². The van der Waals surface area contributed by atoms with Crippen LogP contribution >= 0.6 is 0 Å². The van der Waals surface area contributed by atoms with Crippen LogP contribution in [0.4, 0.5) is 0 Å². The second-order valence-corrected chi connectivity index (χ2v) is 5.75. The maximum Gasteiger partial charge on any atom is 0.272 e. The fourth-order valence-corrected chi connectivity index (χ4v) is 2.97. The fourth-order valence-electron chi connectivity index (χ4n) is 2.97. The monoisotopic (exact) mass is 314 g/mol. The van der Waals surface area contributed by atoms with Crippen LogP contribution in [-0.4, -0.2) is 33.9 Å². The van der Waals surface area contributed by atoms with Crippen molar-refractivity contribution in [1.29, 1.82) is 0 Å². The van der Waals surface area contributed by atoms with E-state index >= 15 is 0 Å². The van der Waals surface area contributed by atoms with Crippen molar-refractivity contribution in [2.45, 2.75) is 32.5 Å². The number of hydrogen-bond acceptors (Lipinski definition) is 4. The van der Waals surface area contributed by atoms with E-state index in [1.165, 1.54) is 0 Å². The SMILES string of the molecule is CC(NC(=O)c1nn(CCO)c2c1CNCC2)c1ccccc1. The molecule has 1 atom stereocenters. The van der Waals surface area contributed by atoms with Crippen molar-refractivity contribution in [2.75, 3.05) is 13.2 Å². The summed E-state index contributed by atoms with van der Waals surface area (Å²) in [5, 5.41) is 19.9. The van der Waals surface area contributed by atoms with Crippen molar-refractivity contribution in [3.8, 4) is 0 Å². The number of rotatable bonds is 5. The van der Waals surface area contributed by atoms with Gasteiger partial charge in [-0.05, 0) is 12.5 Å². The van der Waals surface area contributed by atoms with Crippen LogP contribution in [0.1, 0.15) is 40.3 Å². The van der Waals surface area contributed by atoms with Crippen LogP contribution in [0.5, 0.6) is 0 Å². The van der Waals surface area contributed by atoms with Crippen molar-refractivity contribution in [1.82, 2.24) is 20.4 Å². The summed E-state index contributed by atoms with van der Waals surface area (Å²) in [7, 11) is 0. The van der Waals surface area contributed by atoms with E-state index in [2.05, 4.69) is 15.7 Å². The summed E-state index contributed by atoms with van der Waals surface area (Å²) in [6.45, 7) is 3.91. The number of aromatic nitrogens is 2. The molecule has 1 aliphatic rings. The maximum absolute atomic E-state index is 12.6. The van der Waals surface area contributed by atoms with Gasteiger partial charge in [-0.2, -0.15) is 5.10 Å². The lowest BCUT2D eigenvalue weighted by Crippen LogP contribution is -2.30. The highest BCUT2D eigenvalue weighted by Gasteiger charge is 2.25. The number of amides is 1. The topological polar surface area (TPSA) is 79.2 Å². The number of carbonyl (C=O) groups is 1. The zero-order chi connectivity index (χ0) is 16.2. The van der Waals surface area contributed by atoms with Crippen LogP contribution in [0.2, 0.25) is 0 Å². The van der Waals surface area contributed by atoms with Gasteiger partial charge in [-0.1, -0.05) is 30.3 Å². The molecule has 0 saturated heterocycles. The molecule has 1 aromatic heterocycles. The van der Waals surface area contributed by atoms with Crippen molar-refractivity contribution < 1.29 is 9.90 Å². The Kier molecular flexibility index (Phi) is 4.73. The van der Waals surface area contributed by atoms with Crippen molar-refractivity contribution in [2.24, 2.45) is 0 Å². The van der Waals surface area contributed by atoms with Crippen LogP contribution in [0.3, 0.4) is 0 Å². The molecule has 1 amide bonds. The van der Waals surface area contributed by atoms with Gasteiger partial charge in [-0.15, -0.1) is 0 Å². The van der Waals surface area contributed by atoms with Gasteiger partial charge >= 0.3 is 0 Å². The summed E-state index contributed by atoms with van der Waals surface area (Å²) in [5.74, 6) is -0.169. The lowest BCUT2D eigenvalue weighted by Gasteiger charge is -2.16. The molecule has 0 fully saturated rings. The van der Waals surface area contributed by atoms with E-state index in [9.17, 15) is 9.90 Å². The van der Waals surface area contributed by atoms with E-state index in [1.807, 2.05) is 37.3 Å². The smallest absolute Gasteiger partial charge is 0.272 e. The van der Waals surface area contributed by atoms with Gasteiger partial charge in [0, 0.05) is 30.8 Å². The van der Waals surface area contributed by atoms with Gasteiger partial charge in [0.1, 0.15) is 0 Å². The molecule has 0 aliphatic carbocycles. The first-order chi connectivity index (χ1) is 11.2. The van der Waals surface area contributed by atoms with Crippen LogP contribution < -0.4 is 10.6 Å². The molecular formula is C17H22N4O2. The van der Waals surface area contributed by atoms with E-state index in [-0.39, 0.29) is 18.6 Å². The predicted molar refractivity (Wildman–Crippen MR) is 87.0 cm³/mol. The maximum atomic E-state index is 12.6. The normalized spacial score (nSPS) is 15.0. The lowest BCUT2D eigenvalue weighted by atomic mass is 10.1. The molecule has 0 saturated carbocycles. The summed E-state index contributed by atoms with van der Waals surface area (Å²) in [5.41, 5.74) is 3.52. The molecule has 0 bridgehead atoms. The van der Waals surface area contributed by atoms with Gasteiger partial charge < -0.3 is 15.7 Å². The van der Waals surface area contributed by atoms with Crippen molar-refractivity contribution in [3.05, 3.63) is 52.8 Å². The van der Waals surface area contributed by atoms with Gasteiger partial charge in [-0.3, -0.25) is 9.48 Å². The Hall–Kier alpha value is -2.18. The van der Waals surface area contributed by atoms with Gasteiger partial charge in [0.2, 0.25) is 0 Å². The average molecular weight is 314 g/mol.